The van der Waals surface area contributed by atoms with Gasteiger partial charge in [-0.1, -0.05) is 92.5 Å². The van der Waals surface area contributed by atoms with Crippen LogP contribution in [-0.4, -0.2) is 0 Å². The quantitative estimate of drug-likeness (QED) is 0.436. The van der Waals surface area contributed by atoms with Gasteiger partial charge in [-0.25, -0.2) is 0 Å². The molecule has 0 saturated carbocycles. The van der Waals surface area contributed by atoms with E-state index in [9.17, 15) is 7.77 Å². The molecule has 1 unspecified atom stereocenters. The van der Waals surface area contributed by atoms with Gasteiger partial charge >= 0.3 is 0 Å². The lowest BCUT2D eigenvalue weighted by Crippen LogP contribution is -1.83. The fourth-order valence-electron chi connectivity index (χ4n) is 1.29. The van der Waals surface area contributed by atoms with E-state index in [0.29, 0.717) is 5.56 Å². The lowest BCUT2D eigenvalue weighted by Gasteiger charge is -2.09. The Balaban J connectivity index is 0.000000200. The van der Waals surface area contributed by atoms with E-state index in [0.717, 1.165) is 5.33 Å². The number of alkyl halides is 2. The summed E-state index contributed by atoms with van der Waals surface area (Å²) in [5.74, 6) is 0. The number of halogens is 4. The van der Waals surface area contributed by atoms with Crippen molar-refractivity contribution in [2.45, 2.75) is 9.49 Å². The fourth-order valence-corrected chi connectivity index (χ4v) is 2.37. The Labute approximate surface area is 132 Å². The van der Waals surface area contributed by atoms with Gasteiger partial charge in [0.1, 0.15) is 4.16 Å². The normalized spacial score (nSPS) is 12.1. The molecule has 5 heteroatoms. The van der Waals surface area contributed by atoms with Crippen molar-refractivity contribution in [3.8, 4) is 0 Å². The highest BCUT2D eigenvalue weighted by Crippen LogP contribution is 2.49. The molecule has 0 spiro atoms. The molecule has 0 aliphatic heterocycles. The van der Waals surface area contributed by atoms with Gasteiger partial charge in [0.25, 0.3) is 0 Å². The van der Waals surface area contributed by atoms with E-state index in [1.807, 2.05) is 24.3 Å². The first kappa shape index (κ1) is 16.7. The van der Waals surface area contributed by atoms with Gasteiger partial charge in [-0.2, -0.15) is 7.77 Å². The van der Waals surface area contributed by atoms with Gasteiger partial charge in [0.15, 0.2) is 0 Å². The van der Waals surface area contributed by atoms with Crippen LogP contribution < -0.4 is 0 Å². The standard InChI is InChI=1S/C7H7BrF2S.C7H7Br/c8-7(11(9)10)6-4-2-1-3-5-6;8-6-7-4-2-1-3-5-7/h1-5,7,11H;1-5H,6H2. The van der Waals surface area contributed by atoms with Crippen LogP contribution in [0.5, 0.6) is 0 Å². The summed E-state index contributed by atoms with van der Waals surface area (Å²) in [7, 11) is 0. The van der Waals surface area contributed by atoms with Crippen LogP contribution in [0.2, 0.25) is 0 Å². The summed E-state index contributed by atoms with van der Waals surface area (Å²) in [5, 5.41) is 0.952. The number of rotatable bonds is 3. The van der Waals surface area contributed by atoms with Gasteiger partial charge in [0, 0.05) is 5.33 Å². The molecular formula is C14H14Br2F2S. The van der Waals surface area contributed by atoms with E-state index in [1.54, 1.807) is 24.3 Å². The highest BCUT2D eigenvalue weighted by atomic mass is 79.9. The van der Waals surface area contributed by atoms with Gasteiger partial charge in [0.2, 0.25) is 0 Å². The Morgan fingerprint density at radius 3 is 1.74 bits per heavy atom. The van der Waals surface area contributed by atoms with Gasteiger partial charge in [0.05, 0.1) is 11.7 Å². The molecule has 0 bridgehead atoms. The first-order chi connectivity index (χ1) is 9.15. The molecule has 1 atom stereocenters. The lowest BCUT2D eigenvalue weighted by molar-refractivity contribution is 0.776. The van der Waals surface area contributed by atoms with E-state index >= 15 is 0 Å². The van der Waals surface area contributed by atoms with Gasteiger partial charge < -0.3 is 0 Å². The highest BCUT2D eigenvalue weighted by molar-refractivity contribution is 9.11. The third-order valence-electron chi connectivity index (χ3n) is 2.24. The second-order valence-corrected chi connectivity index (χ2v) is 6.84. The largest absolute Gasteiger partial charge is 0.159 e. The molecule has 0 saturated heterocycles. The van der Waals surface area contributed by atoms with E-state index < -0.39 is 15.8 Å². The van der Waals surface area contributed by atoms with E-state index in [1.165, 1.54) is 5.56 Å². The summed E-state index contributed by atoms with van der Waals surface area (Å²) >= 11 is 3.37. The molecule has 2 rings (SSSR count). The van der Waals surface area contributed by atoms with Gasteiger partial charge in [-0.05, 0) is 11.1 Å². The maximum absolute atomic E-state index is 12.1. The van der Waals surface area contributed by atoms with Crippen molar-refractivity contribution < 1.29 is 7.77 Å². The zero-order valence-corrected chi connectivity index (χ0v) is 14.1. The molecule has 0 amide bonds. The lowest BCUT2D eigenvalue weighted by atomic mass is 10.2. The SMILES string of the molecule is BrCc1ccccc1.F[SH](F)C(Br)c1ccccc1. The summed E-state index contributed by atoms with van der Waals surface area (Å²) < 4.78 is 23.5. The number of thiol groups is 1. The van der Waals surface area contributed by atoms with Crippen molar-refractivity contribution in [1.82, 2.24) is 0 Å². The molecule has 0 N–H and O–H groups in total. The monoisotopic (exact) mass is 410 g/mol. The summed E-state index contributed by atoms with van der Waals surface area (Å²) in [4.78, 5) is 0. The minimum absolute atomic E-state index is 0.642. The summed E-state index contributed by atoms with van der Waals surface area (Å²) in [5.41, 5.74) is 1.97. The Morgan fingerprint density at radius 2 is 1.37 bits per heavy atom. The molecule has 0 radical (unpaired) electrons. The van der Waals surface area contributed by atoms with Crippen LogP contribution in [0.4, 0.5) is 7.77 Å². The van der Waals surface area contributed by atoms with E-state index in [4.69, 9.17) is 0 Å². The first-order valence-electron chi connectivity index (χ1n) is 5.55. The third-order valence-corrected chi connectivity index (χ3v) is 4.99. The van der Waals surface area contributed by atoms with Crippen molar-refractivity contribution >= 4 is 43.5 Å². The molecule has 0 aromatic heterocycles. The van der Waals surface area contributed by atoms with E-state index in [-0.39, 0.29) is 0 Å². The molecule has 0 heterocycles. The van der Waals surface area contributed by atoms with Crippen LogP contribution in [0.3, 0.4) is 0 Å². The predicted octanol–water partition coefficient (Wildman–Crippen LogP) is 6.43. The molecule has 0 fully saturated rings. The van der Waals surface area contributed by atoms with Crippen LogP contribution >= 0.6 is 43.5 Å². The molecule has 0 aliphatic rings. The van der Waals surface area contributed by atoms with Crippen LogP contribution in [-0.2, 0) is 5.33 Å². The fraction of sp³-hybridized carbons (Fsp3) is 0.143. The molecule has 104 valence electrons. The Kier molecular flexibility index (Phi) is 8.34. The Bertz CT molecular complexity index is 452. The molecule has 2 aromatic carbocycles. The van der Waals surface area contributed by atoms with Crippen molar-refractivity contribution in [2.24, 2.45) is 0 Å². The first-order valence-corrected chi connectivity index (χ1v) is 8.78. The molecule has 19 heavy (non-hydrogen) atoms. The zero-order chi connectivity index (χ0) is 14.1. The second kappa shape index (κ2) is 9.50. The Morgan fingerprint density at radius 1 is 0.895 bits per heavy atom. The molecule has 0 nitrogen and oxygen atoms in total. The number of hydrogen-bond acceptors (Lipinski definition) is 0. The van der Waals surface area contributed by atoms with Crippen molar-refractivity contribution in [1.29, 1.82) is 0 Å². The topological polar surface area (TPSA) is 0 Å². The van der Waals surface area contributed by atoms with Crippen molar-refractivity contribution in [3.63, 3.8) is 0 Å². The van der Waals surface area contributed by atoms with E-state index in [2.05, 4.69) is 44.0 Å². The van der Waals surface area contributed by atoms with Gasteiger partial charge in [-0.3, -0.25) is 0 Å². The molecular weight excluding hydrogens is 398 g/mol. The number of benzene rings is 2. The van der Waals surface area contributed by atoms with Crippen LogP contribution in [0, 0.1) is 0 Å². The maximum atomic E-state index is 12.1. The van der Waals surface area contributed by atoms with Crippen LogP contribution in [0.25, 0.3) is 0 Å². The summed E-state index contributed by atoms with van der Waals surface area (Å²) in [6.45, 7) is 0. The number of hydrogen-bond donors (Lipinski definition) is 1. The average molecular weight is 412 g/mol. The second-order valence-electron chi connectivity index (χ2n) is 3.62. The molecule has 0 aliphatic carbocycles. The minimum atomic E-state index is -2.92. The predicted molar refractivity (Wildman–Crippen MR) is 88.4 cm³/mol. The highest BCUT2D eigenvalue weighted by Gasteiger charge is 2.13. The van der Waals surface area contributed by atoms with Crippen LogP contribution in [0.1, 0.15) is 15.3 Å². The third kappa shape index (κ3) is 6.54. The zero-order valence-electron chi connectivity index (χ0n) is 10.0. The smallest absolute Gasteiger partial charge is 0.120 e. The van der Waals surface area contributed by atoms with Crippen LogP contribution in [0.15, 0.2) is 60.7 Å². The minimum Gasteiger partial charge on any atom is -0.159 e. The molecule has 2 aromatic rings. The maximum Gasteiger partial charge on any atom is 0.120 e. The van der Waals surface area contributed by atoms with Gasteiger partial charge in [-0.15, -0.1) is 0 Å². The van der Waals surface area contributed by atoms with Crippen molar-refractivity contribution in [3.05, 3.63) is 71.8 Å². The average Bonchev–Trinajstić information content (AvgIpc) is 2.48. The summed E-state index contributed by atoms with van der Waals surface area (Å²) in [6.07, 6.45) is 0. The van der Waals surface area contributed by atoms with Crippen molar-refractivity contribution in [2.75, 3.05) is 0 Å². The summed E-state index contributed by atoms with van der Waals surface area (Å²) in [6, 6.07) is 19.0. The Hall–Kier alpha value is -0.390.